The maximum Gasteiger partial charge on any atom is 0.241 e. The van der Waals surface area contributed by atoms with Crippen LogP contribution in [0.1, 0.15) is 32.1 Å². The highest BCUT2D eigenvalue weighted by Gasteiger charge is 2.51. The second-order valence-electron chi connectivity index (χ2n) is 6.59. The summed E-state index contributed by atoms with van der Waals surface area (Å²) in [7, 11) is 0. The lowest BCUT2D eigenvalue weighted by Gasteiger charge is -2.38. The van der Waals surface area contributed by atoms with Gasteiger partial charge in [0.15, 0.2) is 11.6 Å². The average Bonchev–Trinajstić information content (AvgIpc) is 3.23. The zero-order valence-corrected chi connectivity index (χ0v) is 14.3. The molecule has 2 aromatic rings. The molecule has 2 saturated carbocycles. The highest BCUT2D eigenvalue weighted by atomic mass is 35.5. The zero-order chi connectivity index (χ0) is 17.4. The van der Waals surface area contributed by atoms with Gasteiger partial charge in [-0.3, -0.25) is 9.59 Å². The van der Waals surface area contributed by atoms with Gasteiger partial charge in [-0.2, -0.15) is 0 Å². The van der Waals surface area contributed by atoms with Gasteiger partial charge in [-0.15, -0.1) is 5.10 Å². The second kappa shape index (κ2) is 6.15. The van der Waals surface area contributed by atoms with Gasteiger partial charge in [0.25, 0.3) is 0 Å². The summed E-state index contributed by atoms with van der Waals surface area (Å²) in [6.07, 6.45) is 7.31. The third-order valence-electron chi connectivity index (χ3n) is 4.78. The van der Waals surface area contributed by atoms with Crippen molar-refractivity contribution in [1.82, 2.24) is 20.1 Å². The van der Waals surface area contributed by atoms with Crippen LogP contribution in [-0.2, 0) is 9.59 Å². The van der Waals surface area contributed by atoms with E-state index in [9.17, 15) is 9.59 Å². The van der Waals surface area contributed by atoms with E-state index in [0.29, 0.717) is 29.5 Å². The van der Waals surface area contributed by atoms with Crippen molar-refractivity contribution in [2.45, 2.75) is 38.1 Å². The molecule has 2 amide bonds. The molecule has 0 unspecified atom stereocenters. The lowest BCUT2D eigenvalue weighted by molar-refractivity contribution is -0.146. The number of nitrogens with zero attached hydrogens (tertiary/aromatic N) is 3. The Morgan fingerprint density at radius 1 is 1.24 bits per heavy atom. The summed E-state index contributed by atoms with van der Waals surface area (Å²) in [5.74, 6) is 0.395. The van der Waals surface area contributed by atoms with Gasteiger partial charge < -0.3 is 10.6 Å². The molecule has 130 valence electrons. The largest absolute Gasteiger partial charge is 0.352 e. The van der Waals surface area contributed by atoms with Crippen molar-refractivity contribution in [3.63, 3.8) is 0 Å². The van der Waals surface area contributed by atoms with E-state index in [-0.39, 0.29) is 17.9 Å². The predicted octanol–water partition coefficient (Wildman–Crippen LogP) is 2.31. The van der Waals surface area contributed by atoms with Crippen molar-refractivity contribution in [3.8, 4) is 5.82 Å². The number of anilines is 1. The van der Waals surface area contributed by atoms with E-state index in [1.54, 1.807) is 30.6 Å². The number of amides is 2. The summed E-state index contributed by atoms with van der Waals surface area (Å²) in [6, 6.07) is 5.35. The quantitative estimate of drug-likeness (QED) is 0.802. The van der Waals surface area contributed by atoms with Crippen LogP contribution in [0.15, 0.2) is 30.6 Å². The molecule has 2 aliphatic carbocycles. The molecule has 0 atom stereocenters. The van der Waals surface area contributed by atoms with Crippen molar-refractivity contribution >= 4 is 29.2 Å². The van der Waals surface area contributed by atoms with E-state index < -0.39 is 5.41 Å². The molecule has 0 bridgehead atoms. The number of pyridine rings is 1. The monoisotopic (exact) mass is 359 g/mol. The van der Waals surface area contributed by atoms with E-state index in [1.165, 1.54) is 4.68 Å². The molecule has 0 aliphatic heterocycles. The molecule has 0 radical (unpaired) electrons. The molecule has 2 heterocycles. The van der Waals surface area contributed by atoms with Gasteiger partial charge in [0.1, 0.15) is 5.41 Å². The lowest BCUT2D eigenvalue weighted by atomic mass is 9.67. The Labute approximate surface area is 149 Å². The molecule has 0 spiro atoms. The Bertz CT molecular complexity index is 826. The first-order valence-electron chi connectivity index (χ1n) is 8.37. The zero-order valence-electron chi connectivity index (χ0n) is 13.5. The van der Waals surface area contributed by atoms with Crippen molar-refractivity contribution in [2.24, 2.45) is 5.41 Å². The highest BCUT2D eigenvalue weighted by Crippen LogP contribution is 2.42. The molecule has 0 saturated heterocycles. The highest BCUT2D eigenvalue weighted by molar-refractivity contribution is 6.32. The summed E-state index contributed by atoms with van der Waals surface area (Å²) >= 11 is 6.11. The number of hydrogen-bond acceptors (Lipinski definition) is 4. The van der Waals surface area contributed by atoms with Crippen LogP contribution in [0.4, 0.5) is 5.82 Å². The van der Waals surface area contributed by atoms with Gasteiger partial charge >= 0.3 is 0 Å². The van der Waals surface area contributed by atoms with Gasteiger partial charge in [0, 0.05) is 24.5 Å². The van der Waals surface area contributed by atoms with Gasteiger partial charge in [0.2, 0.25) is 11.8 Å². The maximum atomic E-state index is 12.7. The summed E-state index contributed by atoms with van der Waals surface area (Å²) in [5.41, 5.74) is -0.963. The normalized spacial score (nSPS) is 18.3. The Hall–Kier alpha value is -2.41. The predicted molar refractivity (Wildman–Crippen MR) is 92.4 cm³/mol. The number of rotatable bonds is 5. The standard InChI is InChI=1S/C17H18ClN5O2/c18-12-3-1-9-19-14(12)23-10-6-13(22-23)21-16(25)17(7-2-8-17)15(24)20-11-4-5-11/h1,3,6,9-11H,2,4-5,7-8H2,(H,20,24)(H,21,22,25). The van der Waals surface area contributed by atoms with Crippen LogP contribution in [-0.4, -0.2) is 32.6 Å². The van der Waals surface area contributed by atoms with Gasteiger partial charge in [0.05, 0.1) is 5.02 Å². The first kappa shape index (κ1) is 16.1. The second-order valence-corrected chi connectivity index (χ2v) is 7.00. The van der Waals surface area contributed by atoms with Crippen LogP contribution in [0.25, 0.3) is 5.82 Å². The first-order chi connectivity index (χ1) is 12.1. The molecule has 2 N–H and O–H groups in total. The van der Waals surface area contributed by atoms with E-state index in [2.05, 4.69) is 20.7 Å². The molecule has 8 heteroatoms. The average molecular weight is 360 g/mol. The number of halogens is 1. The first-order valence-corrected chi connectivity index (χ1v) is 8.75. The minimum atomic E-state index is -0.963. The number of carbonyl (C=O) groups is 2. The third-order valence-corrected chi connectivity index (χ3v) is 5.07. The van der Waals surface area contributed by atoms with Gasteiger partial charge in [-0.25, -0.2) is 9.67 Å². The van der Waals surface area contributed by atoms with Crippen molar-refractivity contribution < 1.29 is 9.59 Å². The smallest absolute Gasteiger partial charge is 0.241 e. The Balaban J connectivity index is 1.49. The van der Waals surface area contributed by atoms with Crippen LogP contribution in [0.2, 0.25) is 5.02 Å². The van der Waals surface area contributed by atoms with Gasteiger partial charge in [-0.05, 0) is 37.8 Å². The summed E-state index contributed by atoms with van der Waals surface area (Å²) < 4.78 is 1.50. The molecular weight excluding hydrogens is 342 g/mol. The molecule has 2 fully saturated rings. The van der Waals surface area contributed by atoms with Crippen LogP contribution in [0.5, 0.6) is 0 Å². The maximum absolute atomic E-state index is 12.7. The number of aromatic nitrogens is 3. The van der Waals surface area contributed by atoms with Crippen molar-refractivity contribution in [3.05, 3.63) is 35.6 Å². The molecule has 2 aromatic heterocycles. The van der Waals surface area contributed by atoms with Crippen LogP contribution >= 0.6 is 11.6 Å². The number of carbonyl (C=O) groups excluding carboxylic acids is 2. The Morgan fingerprint density at radius 3 is 2.68 bits per heavy atom. The molecular formula is C17H18ClN5O2. The van der Waals surface area contributed by atoms with E-state index in [4.69, 9.17) is 11.6 Å². The van der Waals surface area contributed by atoms with Crippen molar-refractivity contribution in [2.75, 3.05) is 5.32 Å². The Kier molecular flexibility index (Phi) is 3.95. The van der Waals surface area contributed by atoms with Crippen LogP contribution in [0.3, 0.4) is 0 Å². The van der Waals surface area contributed by atoms with Crippen molar-refractivity contribution in [1.29, 1.82) is 0 Å². The van der Waals surface area contributed by atoms with Crippen LogP contribution in [0, 0.1) is 5.41 Å². The molecule has 2 aliphatic rings. The Morgan fingerprint density at radius 2 is 2.04 bits per heavy atom. The number of hydrogen-bond donors (Lipinski definition) is 2. The fourth-order valence-corrected chi connectivity index (χ4v) is 3.14. The fraction of sp³-hybridized carbons (Fsp3) is 0.412. The SMILES string of the molecule is O=C(Nc1ccn(-c2ncccc2Cl)n1)C1(C(=O)NC2CC2)CCC1. The van der Waals surface area contributed by atoms with Crippen LogP contribution < -0.4 is 10.6 Å². The molecule has 25 heavy (non-hydrogen) atoms. The molecule has 7 nitrogen and oxygen atoms in total. The van der Waals surface area contributed by atoms with E-state index in [0.717, 1.165) is 19.3 Å². The number of nitrogens with one attached hydrogen (secondary N) is 2. The van der Waals surface area contributed by atoms with E-state index in [1.807, 2.05) is 0 Å². The molecule has 4 rings (SSSR count). The van der Waals surface area contributed by atoms with Gasteiger partial charge in [-0.1, -0.05) is 18.0 Å². The minimum absolute atomic E-state index is 0.161. The molecule has 0 aromatic carbocycles. The summed E-state index contributed by atoms with van der Waals surface area (Å²) in [6.45, 7) is 0. The fourth-order valence-electron chi connectivity index (χ4n) is 2.93. The lowest BCUT2D eigenvalue weighted by Crippen LogP contribution is -2.53. The summed E-state index contributed by atoms with van der Waals surface area (Å²) in [5, 5.41) is 10.5. The third kappa shape index (κ3) is 3.00. The summed E-state index contributed by atoms with van der Waals surface area (Å²) in [4.78, 5) is 29.4. The topological polar surface area (TPSA) is 88.9 Å². The van der Waals surface area contributed by atoms with E-state index >= 15 is 0 Å². The minimum Gasteiger partial charge on any atom is -0.352 e.